The molecule has 0 aliphatic heterocycles. The van der Waals surface area contributed by atoms with Crippen LogP contribution in [0.2, 0.25) is 5.15 Å². The molecule has 2 aromatic heterocycles. The van der Waals surface area contributed by atoms with Gasteiger partial charge in [-0.1, -0.05) is 24.4 Å². The van der Waals surface area contributed by atoms with Gasteiger partial charge in [0.15, 0.2) is 0 Å². The van der Waals surface area contributed by atoms with E-state index in [9.17, 15) is 0 Å². The van der Waals surface area contributed by atoms with E-state index in [1.54, 1.807) is 4.52 Å². The predicted octanol–water partition coefficient (Wildman–Crippen LogP) is 2.05. The van der Waals surface area contributed by atoms with Crippen LogP contribution in [0.5, 0.6) is 0 Å². The molecule has 0 unspecified atom stereocenters. The Morgan fingerprint density at radius 3 is 2.89 bits per heavy atom. The number of hydrogen-bond donors (Lipinski definition) is 2. The summed E-state index contributed by atoms with van der Waals surface area (Å²) in [5.41, 5.74) is 0.870. The van der Waals surface area contributed by atoms with Crippen LogP contribution in [0.3, 0.4) is 0 Å². The van der Waals surface area contributed by atoms with E-state index >= 15 is 0 Å². The molecule has 2 aromatic rings. The van der Waals surface area contributed by atoms with E-state index < -0.39 is 0 Å². The van der Waals surface area contributed by atoms with Crippen LogP contribution < -0.4 is 5.32 Å². The normalized spacial score (nSPS) is 11.1. The summed E-state index contributed by atoms with van der Waals surface area (Å²) in [7, 11) is 0. The number of nitrogens with zero attached hydrogens (tertiary/aromatic N) is 4. The minimum Gasteiger partial charge on any atom is -0.396 e. The number of fused-ring (bicyclic) bond motifs is 1. The molecular weight excluding hydrogens is 266 g/mol. The fraction of sp³-hybridized carbons (Fsp3) is 0.583. The average Bonchev–Trinajstić information content (AvgIpc) is 2.85. The Balaban J connectivity index is 1.99. The van der Waals surface area contributed by atoms with Gasteiger partial charge in [-0.15, -0.1) is 0 Å². The number of halogens is 1. The molecule has 2 N–H and O–H groups in total. The molecule has 0 radical (unpaired) electrons. The standard InChI is InChI=1S/C12H18ClN5O/c1-9-10(13)17-12-15-8-16-18(12)11(9)14-6-4-2-3-5-7-19/h8,14,19H,2-7H2,1H3. The number of rotatable bonds is 7. The Bertz CT molecular complexity index is 542. The molecule has 0 atom stereocenters. The lowest BCUT2D eigenvalue weighted by molar-refractivity contribution is 0.283. The zero-order valence-electron chi connectivity index (χ0n) is 10.9. The minimum absolute atomic E-state index is 0.270. The van der Waals surface area contributed by atoms with Gasteiger partial charge in [-0.2, -0.15) is 19.6 Å². The highest BCUT2D eigenvalue weighted by molar-refractivity contribution is 6.30. The Hall–Kier alpha value is -1.40. The van der Waals surface area contributed by atoms with Gasteiger partial charge in [0.2, 0.25) is 0 Å². The number of anilines is 1. The monoisotopic (exact) mass is 283 g/mol. The predicted molar refractivity (Wildman–Crippen MR) is 74.6 cm³/mol. The van der Waals surface area contributed by atoms with Gasteiger partial charge in [-0.25, -0.2) is 0 Å². The number of unbranched alkanes of at least 4 members (excludes halogenated alkanes) is 3. The molecule has 2 heterocycles. The van der Waals surface area contributed by atoms with Crippen molar-refractivity contribution in [2.24, 2.45) is 0 Å². The molecule has 0 bridgehead atoms. The molecule has 19 heavy (non-hydrogen) atoms. The molecular formula is C12H18ClN5O. The molecule has 0 fully saturated rings. The molecule has 0 saturated carbocycles. The fourth-order valence-electron chi connectivity index (χ4n) is 1.90. The number of aliphatic hydroxyl groups is 1. The summed E-state index contributed by atoms with van der Waals surface area (Å²) >= 11 is 6.07. The van der Waals surface area contributed by atoms with Crippen LogP contribution in [0.25, 0.3) is 5.78 Å². The molecule has 0 saturated heterocycles. The smallest absolute Gasteiger partial charge is 0.255 e. The van der Waals surface area contributed by atoms with E-state index in [0.717, 1.165) is 43.6 Å². The van der Waals surface area contributed by atoms with Crippen LogP contribution in [0, 0.1) is 6.92 Å². The highest BCUT2D eigenvalue weighted by Crippen LogP contribution is 2.21. The maximum atomic E-state index is 8.71. The Morgan fingerprint density at radius 2 is 2.11 bits per heavy atom. The third kappa shape index (κ3) is 3.33. The van der Waals surface area contributed by atoms with Gasteiger partial charge < -0.3 is 10.4 Å². The van der Waals surface area contributed by atoms with Crippen molar-refractivity contribution in [1.29, 1.82) is 0 Å². The number of hydrogen-bond acceptors (Lipinski definition) is 5. The molecule has 7 heteroatoms. The maximum Gasteiger partial charge on any atom is 0.255 e. The summed E-state index contributed by atoms with van der Waals surface area (Å²) in [5.74, 6) is 1.34. The second-order valence-electron chi connectivity index (χ2n) is 4.41. The van der Waals surface area contributed by atoms with Crippen LogP contribution in [0.4, 0.5) is 5.82 Å². The summed E-state index contributed by atoms with van der Waals surface area (Å²) in [5, 5.41) is 16.6. The third-order valence-electron chi connectivity index (χ3n) is 2.98. The van der Waals surface area contributed by atoms with E-state index in [1.165, 1.54) is 6.33 Å². The summed E-state index contributed by atoms with van der Waals surface area (Å²) in [6.45, 7) is 3.01. The Labute approximate surface area is 116 Å². The first-order chi connectivity index (χ1) is 9.24. The lowest BCUT2D eigenvalue weighted by Crippen LogP contribution is -2.10. The SMILES string of the molecule is Cc1c(Cl)nc2ncnn2c1NCCCCCCO. The van der Waals surface area contributed by atoms with Crippen molar-refractivity contribution in [2.45, 2.75) is 32.6 Å². The topological polar surface area (TPSA) is 75.3 Å². The van der Waals surface area contributed by atoms with Gasteiger partial charge in [0.05, 0.1) is 0 Å². The van der Waals surface area contributed by atoms with Gasteiger partial charge in [-0.05, 0) is 19.8 Å². The Morgan fingerprint density at radius 1 is 1.32 bits per heavy atom. The molecule has 104 valence electrons. The molecule has 6 nitrogen and oxygen atoms in total. The third-order valence-corrected chi connectivity index (χ3v) is 3.35. The molecule has 2 rings (SSSR count). The first kappa shape index (κ1) is 14.0. The van der Waals surface area contributed by atoms with Crippen molar-refractivity contribution in [3.63, 3.8) is 0 Å². The molecule has 0 aliphatic rings. The zero-order chi connectivity index (χ0) is 13.7. The van der Waals surface area contributed by atoms with Crippen molar-refractivity contribution < 1.29 is 5.11 Å². The van der Waals surface area contributed by atoms with E-state index in [1.807, 2.05) is 6.92 Å². The van der Waals surface area contributed by atoms with E-state index in [-0.39, 0.29) is 6.61 Å². The van der Waals surface area contributed by atoms with Gasteiger partial charge in [0, 0.05) is 18.7 Å². The highest BCUT2D eigenvalue weighted by atomic mass is 35.5. The first-order valence-corrected chi connectivity index (χ1v) is 6.82. The number of aromatic nitrogens is 4. The maximum absolute atomic E-state index is 8.71. The van der Waals surface area contributed by atoms with Crippen LogP contribution >= 0.6 is 11.6 Å². The number of nitrogens with one attached hydrogen (secondary N) is 1. The second kappa shape index (κ2) is 6.68. The van der Waals surface area contributed by atoms with Crippen LogP contribution in [-0.2, 0) is 0 Å². The average molecular weight is 284 g/mol. The summed E-state index contributed by atoms with van der Waals surface area (Å²) in [6, 6.07) is 0. The second-order valence-corrected chi connectivity index (χ2v) is 4.77. The number of aliphatic hydroxyl groups excluding tert-OH is 1. The van der Waals surface area contributed by atoms with Crippen molar-refractivity contribution in [3.05, 3.63) is 17.0 Å². The lowest BCUT2D eigenvalue weighted by Gasteiger charge is -2.11. The van der Waals surface area contributed by atoms with E-state index in [0.29, 0.717) is 10.9 Å². The summed E-state index contributed by atoms with van der Waals surface area (Å²) in [4.78, 5) is 8.19. The summed E-state index contributed by atoms with van der Waals surface area (Å²) in [6.07, 6.45) is 5.51. The molecule has 0 amide bonds. The first-order valence-electron chi connectivity index (χ1n) is 6.44. The zero-order valence-corrected chi connectivity index (χ0v) is 11.7. The quantitative estimate of drug-likeness (QED) is 0.601. The largest absolute Gasteiger partial charge is 0.396 e. The van der Waals surface area contributed by atoms with Crippen LogP contribution in [0.1, 0.15) is 31.2 Å². The van der Waals surface area contributed by atoms with Gasteiger partial charge in [0.1, 0.15) is 17.3 Å². The Kier molecular flexibility index (Phi) is 4.93. The van der Waals surface area contributed by atoms with Crippen LogP contribution in [0.15, 0.2) is 6.33 Å². The van der Waals surface area contributed by atoms with Crippen molar-refractivity contribution in [2.75, 3.05) is 18.5 Å². The lowest BCUT2D eigenvalue weighted by atomic mass is 10.2. The van der Waals surface area contributed by atoms with Gasteiger partial charge >= 0.3 is 0 Å². The van der Waals surface area contributed by atoms with E-state index in [4.69, 9.17) is 16.7 Å². The van der Waals surface area contributed by atoms with Crippen molar-refractivity contribution in [3.8, 4) is 0 Å². The fourth-order valence-corrected chi connectivity index (χ4v) is 2.07. The minimum atomic E-state index is 0.270. The van der Waals surface area contributed by atoms with Crippen molar-refractivity contribution in [1.82, 2.24) is 19.6 Å². The highest BCUT2D eigenvalue weighted by Gasteiger charge is 2.11. The van der Waals surface area contributed by atoms with Crippen LogP contribution in [-0.4, -0.2) is 37.8 Å². The van der Waals surface area contributed by atoms with Gasteiger partial charge in [-0.3, -0.25) is 0 Å². The van der Waals surface area contributed by atoms with Gasteiger partial charge in [0.25, 0.3) is 5.78 Å². The molecule has 0 aromatic carbocycles. The molecule has 0 aliphatic carbocycles. The van der Waals surface area contributed by atoms with Crippen molar-refractivity contribution >= 4 is 23.2 Å². The van der Waals surface area contributed by atoms with E-state index in [2.05, 4.69) is 20.4 Å². The summed E-state index contributed by atoms with van der Waals surface area (Å²) < 4.78 is 1.66. The molecule has 0 spiro atoms.